The predicted octanol–water partition coefficient (Wildman–Crippen LogP) is 0.180. The van der Waals surface area contributed by atoms with Gasteiger partial charge in [-0.3, -0.25) is 19.7 Å². The van der Waals surface area contributed by atoms with E-state index in [9.17, 15) is 14.4 Å². The van der Waals surface area contributed by atoms with Crippen molar-refractivity contribution in [2.45, 2.75) is 25.4 Å². The van der Waals surface area contributed by atoms with Crippen molar-refractivity contribution < 1.29 is 14.4 Å². The Bertz CT molecular complexity index is 736. The molecular weight excluding hydrogens is 318 g/mol. The minimum absolute atomic E-state index is 0. The van der Waals surface area contributed by atoms with Gasteiger partial charge >= 0.3 is 0 Å². The molecule has 2 heterocycles. The van der Waals surface area contributed by atoms with Gasteiger partial charge in [0.15, 0.2) is 0 Å². The third-order valence-electron chi connectivity index (χ3n) is 3.86. The summed E-state index contributed by atoms with van der Waals surface area (Å²) in [6, 6.07) is 4.76. The second-order valence-electron chi connectivity index (χ2n) is 5.28. The van der Waals surface area contributed by atoms with E-state index in [0.29, 0.717) is 18.5 Å². The molecule has 0 aliphatic carbocycles. The van der Waals surface area contributed by atoms with E-state index in [-0.39, 0.29) is 37.2 Å². The van der Waals surface area contributed by atoms with Gasteiger partial charge in [-0.15, -0.1) is 12.4 Å². The summed E-state index contributed by atoms with van der Waals surface area (Å²) < 4.78 is 0. The Hall–Kier alpha value is -2.36. The number of benzene rings is 1. The largest absolute Gasteiger partial charge is 0.322 e. The van der Waals surface area contributed by atoms with Crippen molar-refractivity contribution in [2.24, 2.45) is 5.73 Å². The lowest BCUT2D eigenvalue weighted by Gasteiger charge is -2.29. The van der Waals surface area contributed by atoms with Crippen molar-refractivity contribution in [1.82, 2.24) is 10.2 Å². The number of amides is 3. The number of halogens is 1. The molecule has 6 nitrogen and oxygen atoms in total. The Kier molecular flexibility index (Phi) is 5.04. The molecule has 1 atom stereocenters. The van der Waals surface area contributed by atoms with E-state index in [1.54, 1.807) is 12.1 Å². The van der Waals surface area contributed by atoms with Gasteiger partial charge in [0.2, 0.25) is 11.8 Å². The summed E-state index contributed by atoms with van der Waals surface area (Å²) in [7, 11) is 0. The zero-order chi connectivity index (χ0) is 15.7. The van der Waals surface area contributed by atoms with E-state index in [1.165, 1.54) is 4.90 Å². The van der Waals surface area contributed by atoms with Crippen LogP contribution in [0.15, 0.2) is 18.2 Å². The smallest absolute Gasteiger partial charge is 0.255 e. The Labute approximate surface area is 139 Å². The molecule has 1 fully saturated rings. The maximum absolute atomic E-state index is 12.5. The number of carbonyl (C=O) groups excluding carboxylic acids is 3. The van der Waals surface area contributed by atoms with Crippen molar-refractivity contribution >= 4 is 30.1 Å². The fraction of sp³-hybridized carbons (Fsp3) is 0.312. The number of imide groups is 1. The van der Waals surface area contributed by atoms with E-state index < -0.39 is 11.9 Å². The van der Waals surface area contributed by atoms with Crippen LogP contribution in [0.5, 0.6) is 0 Å². The van der Waals surface area contributed by atoms with E-state index >= 15 is 0 Å². The topological polar surface area (TPSA) is 92.5 Å². The molecule has 2 aliphatic rings. The number of nitrogens with one attached hydrogen (secondary N) is 1. The lowest BCUT2D eigenvalue weighted by molar-refractivity contribution is -0.136. The molecule has 0 saturated carbocycles. The zero-order valence-electron chi connectivity index (χ0n) is 12.3. The van der Waals surface area contributed by atoms with Crippen LogP contribution in [0.1, 0.15) is 34.3 Å². The second kappa shape index (κ2) is 6.82. The van der Waals surface area contributed by atoms with Crippen molar-refractivity contribution in [3.8, 4) is 11.8 Å². The highest BCUT2D eigenvalue weighted by Gasteiger charge is 2.38. The lowest BCUT2D eigenvalue weighted by Crippen LogP contribution is -2.52. The third-order valence-corrected chi connectivity index (χ3v) is 3.86. The minimum atomic E-state index is -0.587. The van der Waals surface area contributed by atoms with Crippen molar-refractivity contribution in [1.29, 1.82) is 0 Å². The van der Waals surface area contributed by atoms with Gasteiger partial charge < -0.3 is 10.6 Å². The van der Waals surface area contributed by atoms with Crippen LogP contribution in [0.4, 0.5) is 0 Å². The summed E-state index contributed by atoms with van der Waals surface area (Å²) in [4.78, 5) is 37.1. The number of nitrogens with zero attached hydrogens (tertiary/aromatic N) is 1. The highest BCUT2D eigenvalue weighted by molar-refractivity contribution is 6.05. The number of nitrogens with two attached hydrogens (primary N) is 1. The van der Waals surface area contributed by atoms with Crippen LogP contribution < -0.4 is 11.1 Å². The van der Waals surface area contributed by atoms with E-state index in [2.05, 4.69) is 17.2 Å². The van der Waals surface area contributed by atoms with E-state index in [0.717, 1.165) is 11.1 Å². The van der Waals surface area contributed by atoms with Gasteiger partial charge in [-0.2, -0.15) is 0 Å². The Balaban J connectivity index is 0.00000192. The standard InChI is InChI=1S/C16H15N3O3.ClH/c17-7-1-2-10-3-4-12-11(8-10)9-19(16(12)22)13-5-6-14(20)18-15(13)21;/h3-4,8,13H,5-7,9,17H2,(H,18,20,21);1H. The Morgan fingerprint density at radius 2 is 2.09 bits per heavy atom. The summed E-state index contributed by atoms with van der Waals surface area (Å²) in [5, 5.41) is 2.28. The van der Waals surface area contributed by atoms with Gasteiger partial charge in [-0.1, -0.05) is 11.8 Å². The molecule has 1 saturated heterocycles. The van der Waals surface area contributed by atoms with Gasteiger partial charge in [-0.05, 0) is 30.2 Å². The van der Waals surface area contributed by atoms with Crippen molar-refractivity contribution in [3.05, 3.63) is 34.9 Å². The number of fused-ring (bicyclic) bond motifs is 1. The summed E-state index contributed by atoms with van der Waals surface area (Å²) in [6.45, 7) is 0.636. The average molecular weight is 334 g/mol. The maximum Gasteiger partial charge on any atom is 0.255 e. The number of piperidine rings is 1. The van der Waals surface area contributed by atoms with Crippen LogP contribution in [-0.4, -0.2) is 35.2 Å². The fourth-order valence-corrected chi connectivity index (χ4v) is 2.81. The first kappa shape index (κ1) is 17.0. The summed E-state index contributed by atoms with van der Waals surface area (Å²) >= 11 is 0. The van der Waals surface area contributed by atoms with Gasteiger partial charge in [0.25, 0.3) is 5.91 Å². The quantitative estimate of drug-likeness (QED) is 0.566. The number of hydrogen-bond acceptors (Lipinski definition) is 4. The average Bonchev–Trinajstić information content (AvgIpc) is 2.82. The molecule has 1 aromatic carbocycles. The molecule has 23 heavy (non-hydrogen) atoms. The summed E-state index contributed by atoms with van der Waals surface area (Å²) in [5.74, 6) is 4.83. The first-order chi connectivity index (χ1) is 10.6. The van der Waals surface area contributed by atoms with E-state index in [1.807, 2.05) is 6.07 Å². The van der Waals surface area contributed by atoms with Gasteiger partial charge in [0.05, 0.1) is 6.54 Å². The molecule has 3 N–H and O–H groups in total. The van der Waals surface area contributed by atoms with Crippen molar-refractivity contribution in [2.75, 3.05) is 6.54 Å². The molecule has 1 unspecified atom stereocenters. The number of carbonyl (C=O) groups is 3. The van der Waals surface area contributed by atoms with Crippen LogP contribution in [0.3, 0.4) is 0 Å². The first-order valence-electron chi connectivity index (χ1n) is 7.06. The third kappa shape index (κ3) is 3.21. The molecule has 0 spiro atoms. The van der Waals surface area contributed by atoms with Gasteiger partial charge in [0, 0.05) is 24.1 Å². The summed E-state index contributed by atoms with van der Waals surface area (Å²) in [6.07, 6.45) is 0.619. The van der Waals surface area contributed by atoms with Crippen molar-refractivity contribution in [3.63, 3.8) is 0 Å². The highest BCUT2D eigenvalue weighted by atomic mass is 35.5. The minimum Gasteiger partial charge on any atom is -0.322 e. The number of hydrogen-bond donors (Lipinski definition) is 2. The molecular formula is C16H16ClN3O3. The zero-order valence-corrected chi connectivity index (χ0v) is 13.1. The Morgan fingerprint density at radius 1 is 1.30 bits per heavy atom. The van der Waals surface area contributed by atoms with Crippen LogP contribution in [-0.2, 0) is 16.1 Å². The molecule has 0 aromatic heterocycles. The molecule has 120 valence electrons. The predicted molar refractivity (Wildman–Crippen MR) is 85.7 cm³/mol. The Morgan fingerprint density at radius 3 is 2.78 bits per heavy atom. The molecule has 1 aromatic rings. The number of rotatable bonds is 1. The lowest BCUT2D eigenvalue weighted by atomic mass is 10.0. The fourth-order valence-electron chi connectivity index (χ4n) is 2.81. The SMILES string of the molecule is Cl.NCC#Cc1ccc2c(c1)CN(C1CCC(=O)NC1=O)C2=O. The molecule has 3 rings (SSSR count). The monoisotopic (exact) mass is 333 g/mol. The maximum atomic E-state index is 12.5. The van der Waals surface area contributed by atoms with Gasteiger partial charge in [-0.25, -0.2) is 0 Å². The van der Waals surface area contributed by atoms with Crippen LogP contribution in [0.2, 0.25) is 0 Å². The van der Waals surface area contributed by atoms with Crippen LogP contribution >= 0.6 is 12.4 Å². The van der Waals surface area contributed by atoms with Crippen LogP contribution in [0, 0.1) is 11.8 Å². The molecule has 3 amide bonds. The second-order valence-corrected chi connectivity index (χ2v) is 5.28. The molecule has 0 radical (unpaired) electrons. The molecule has 2 aliphatic heterocycles. The van der Waals surface area contributed by atoms with E-state index in [4.69, 9.17) is 5.73 Å². The van der Waals surface area contributed by atoms with Gasteiger partial charge in [0.1, 0.15) is 6.04 Å². The molecule has 7 heteroatoms. The van der Waals surface area contributed by atoms with Crippen LogP contribution in [0.25, 0.3) is 0 Å². The summed E-state index contributed by atoms with van der Waals surface area (Å²) in [5.41, 5.74) is 7.57. The molecule has 0 bridgehead atoms. The first-order valence-corrected chi connectivity index (χ1v) is 7.06. The highest BCUT2D eigenvalue weighted by Crippen LogP contribution is 2.27. The normalized spacial score (nSPS) is 19.4.